The first-order valence-electron chi connectivity index (χ1n) is 6.20. The first-order chi connectivity index (χ1) is 8.66. The molecule has 0 amide bonds. The molecule has 0 radical (unpaired) electrons. The summed E-state index contributed by atoms with van der Waals surface area (Å²) >= 11 is 0. The average molecular weight is 288 g/mol. The molecule has 0 atom stereocenters. The van der Waals surface area contributed by atoms with Crippen LogP contribution in [0.3, 0.4) is 0 Å². The largest absolute Gasteiger partial charge is 0.469 e. The Hall–Kier alpha value is -1.13. The van der Waals surface area contributed by atoms with Crippen LogP contribution in [-0.2, 0) is 16.0 Å². The molecule has 3 nitrogen and oxygen atoms in total. The normalized spacial score (nSPS) is 17.4. The molecule has 1 aromatic carbocycles. The second kappa shape index (κ2) is 6.87. The number of nitrogens with one attached hydrogen (secondary N) is 1. The lowest BCUT2D eigenvalue weighted by molar-refractivity contribution is -0.154. The zero-order valence-corrected chi connectivity index (χ0v) is 11.8. The smallest absolute Gasteiger partial charge is 0.312 e. The molecule has 1 heterocycles. The second-order valence-electron chi connectivity index (χ2n) is 4.83. The maximum Gasteiger partial charge on any atom is 0.312 e. The number of carbonyl (C=O) groups excluding carboxylic acids is 1. The molecule has 0 bridgehead atoms. The molecule has 1 aliphatic rings. The average Bonchev–Trinajstić information content (AvgIpc) is 2.41. The summed E-state index contributed by atoms with van der Waals surface area (Å²) in [6.07, 6.45) is 2.13. The fourth-order valence-electron chi connectivity index (χ4n) is 2.57. The lowest BCUT2D eigenvalue weighted by Gasteiger charge is -2.35. The predicted octanol–water partition coefficient (Wildman–Crippen LogP) is 2.33. The number of halogens is 2. The zero-order valence-electron chi connectivity index (χ0n) is 10.9. The van der Waals surface area contributed by atoms with Crippen LogP contribution in [0.15, 0.2) is 24.3 Å². The Bertz CT molecular complexity index is 416. The topological polar surface area (TPSA) is 38.3 Å². The van der Waals surface area contributed by atoms with Gasteiger partial charge in [-0.15, -0.1) is 12.4 Å². The molecule has 0 aromatic heterocycles. The Morgan fingerprint density at radius 3 is 2.42 bits per heavy atom. The molecule has 0 aliphatic carbocycles. The number of methoxy groups -OCH3 is 1. The Morgan fingerprint density at radius 2 is 1.89 bits per heavy atom. The highest BCUT2D eigenvalue weighted by Crippen LogP contribution is 2.34. The second-order valence-corrected chi connectivity index (χ2v) is 4.83. The Kier molecular flexibility index (Phi) is 5.76. The first-order valence-corrected chi connectivity index (χ1v) is 6.20. The summed E-state index contributed by atoms with van der Waals surface area (Å²) in [6, 6.07) is 6.34. The summed E-state index contributed by atoms with van der Waals surface area (Å²) in [5, 5.41) is 3.25. The van der Waals surface area contributed by atoms with Crippen molar-refractivity contribution in [3.8, 4) is 0 Å². The molecule has 1 saturated heterocycles. The van der Waals surface area contributed by atoms with Crippen LogP contribution >= 0.6 is 12.4 Å². The SMILES string of the molecule is COC(=O)C1(Cc2ccc(F)cc2)CCNCC1.Cl. The minimum atomic E-state index is -0.460. The van der Waals surface area contributed by atoms with E-state index in [1.165, 1.54) is 19.2 Å². The zero-order chi connectivity index (χ0) is 13.0. The number of carbonyl (C=O) groups is 1. The van der Waals surface area contributed by atoms with Gasteiger partial charge in [-0.3, -0.25) is 4.79 Å². The van der Waals surface area contributed by atoms with Crippen molar-refractivity contribution in [1.29, 1.82) is 0 Å². The summed E-state index contributed by atoms with van der Waals surface area (Å²) in [4.78, 5) is 12.0. The summed E-state index contributed by atoms with van der Waals surface area (Å²) in [5.41, 5.74) is 0.515. The lowest BCUT2D eigenvalue weighted by Crippen LogP contribution is -2.44. The number of rotatable bonds is 3. The van der Waals surface area contributed by atoms with E-state index >= 15 is 0 Å². The van der Waals surface area contributed by atoms with Gasteiger partial charge < -0.3 is 10.1 Å². The summed E-state index contributed by atoms with van der Waals surface area (Å²) in [5.74, 6) is -0.412. The van der Waals surface area contributed by atoms with Crippen molar-refractivity contribution < 1.29 is 13.9 Å². The maximum absolute atomic E-state index is 12.9. The highest BCUT2D eigenvalue weighted by molar-refractivity contribution is 5.85. The van der Waals surface area contributed by atoms with Crippen molar-refractivity contribution in [2.75, 3.05) is 20.2 Å². The Morgan fingerprint density at radius 1 is 1.32 bits per heavy atom. The summed E-state index contributed by atoms with van der Waals surface area (Å²) < 4.78 is 17.8. The fourth-order valence-corrected chi connectivity index (χ4v) is 2.57. The van der Waals surface area contributed by atoms with Gasteiger partial charge in [-0.1, -0.05) is 12.1 Å². The van der Waals surface area contributed by atoms with Crippen molar-refractivity contribution in [3.05, 3.63) is 35.6 Å². The van der Waals surface area contributed by atoms with E-state index in [0.717, 1.165) is 31.5 Å². The maximum atomic E-state index is 12.9. The highest BCUT2D eigenvalue weighted by Gasteiger charge is 2.40. The Balaban J connectivity index is 0.00000180. The van der Waals surface area contributed by atoms with Crippen LogP contribution in [0.4, 0.5) is 4.39 Å². The van der Waals surface area contributed by atoms with Gasteiger partial charge in [0.15, 0.2) is 0 Å². The van der Waals surface area contributed by atoms with E-state index in [1.807, 2.05) is 0 Å². The van der Waals surface area contributed by atoms with Crippen molar-refractivity contribution in [2.24, 2.45) is 5.41 Å². The third-order valence-corrected chi connectivity index (χ3v) is 3.63. The molecule has 0 spiro atoms. The van der Waals surface area contributed by atoms with E-state index in [-0.39, 0.29) is 24.2 Å². The minimum Gasteiger partial charge on any atom is -0.469 e. The van der Waals surface area contributed by atoms with Crippen molar-refractivity contribution >= 4 is 18.4 Å². The molecule has 2 rings (SSSR count). The van der Waals surface area contributed by atoms with E-state index in [2.05, 4.69) is 5.32 Å². The molecular formula is C14H19ClFNO2. The third-order valence-electron chi connectivity index (χ3n) is 3.63. The van der Waals surface area contributed by atoms with Crippen LogP contribution in [0.5, 0.6) is 0 Å². The molecule has 1 fully saturated rings. The van der Waals surface area contributed by atoms with Gasteiger partial charge in [-0.25, -0.2) is 4.39 Å². The van der Waals surface area contributed by atoms with Crippen LogP contribution < -0.4 is 5.32 Å². The summed E-state index contributed by atoms with van der Waals surface area (Å²) in [7, 11) is 1.43. The molecule has 1 N–H and O–H groups in total. The van der Waals surface area contributed by atoms with Gasteiger partial charge in [0, 0.05) is 0 Å². The van der Waals surface area contributed by atoms with Crippen LogP contribution in [0, 0.1) is 11.2 Å². The minimum absolute atomic E-state index is 0. The quantitative estimate of drug-likeness (QED) is 0.867. The molecule has 1 aromatic rings. The molecule has 19 heavy (non-hydrogen) atoms. The third kappa shape index (κ3) is 3.67. The number of hydrogen-bond acceptors (Lipinski definition) is 3. The van der Waals surface area contributed by atoms with Crippen molar-refractivity contribution in [1.82, 2.24) is 5.32 Å². The molecule has 5 heteroatoms. The number of esters is 1. The molecule has 0 unspecified atom stereocenters. The van der Waals surface area contributed by atoms with Gasteiger partial charge in [0.1, 0.15) is 5.82 Å². The van der Waals surface area contributed by atoms with Gasteiger partial charge in [-0.2, -0.15) is 0 Å². The molecule has 106 valence electrons. The molecule has 0 saturated carbocycles. The van der Waals surface area contributed by atoms with E-state index in [0.29, 0.717) is 6.42 Å². The van der Waals surface area contributed by atoms with Crippen LogP contribution in [0.1, 0.15) is 18.4 Å². The number of hydrogen-bond donors (Lipinski definition) is 1. The van der Waals surface area contributed by atoms with E-state index < -0.39 is 5.41 Å². The van der Waals surface area contributed by atoms with E-state index in [9.17, 15) is 9.18 Å². The highest BCUT2D eigenvalue weighted by atomic mass is 35.5. The van der Waals surface area contributed by atoms with Gasteiger partial charge in [0.2, 0.25) is 0 Å². The fraction of sp³-hybridized carbons (Fsp3) is 0.500. The van der Waals surface area contributed by atoms with Gasteiger partial charge in [0.05, 0.1) is 12.5 Å². The number of benzene rings is 1. The van der Waals surface area contributed by atoms with Crippen LogP contribution in [0.25, 0.3) is 0 Å². The van der Waals surface area contributed by atoms with Gasteiger partial charge in [0.25, 0.3) is 0 Å². The standard InChI is InChI=1S/C14H18FNO2.ClH/c1-18-13(17)14(6-8-16-9-7-14)10-11-2-4-12(15)5-3-11;/h2-5,16H,6-10H2,1H3;1H. The molecular weight excluding hydrogens is 269 g/mol. The van der Waals surface area contributed by atoms with Crippen LogP contribution in [0.2, 0.25) is 0 Å². The molecule has 1 aliphatic heterocycles. The monoisotopic (exact) mass is 287 g/mol. The number of ether oxygens (including phenoxy) is 1. The Labute approximate surface area is 118 Å². The van der Waals surface area contributed by atoms with Crippen molar-refractivity contribution in [3.63, 3.8) is 0 Å². The van der Waals surface area contributed by atoms with E-state index in [1.54, 1.807) is 12.1 Å². The number of piperidine rings is 1. The predicted molar refractivity (Wildman–Crippen MR) is 73.9 cm³/mol. The summed E-state index contributed by atoms with van der Waals surface area (Å²) in [6.45, 7) is 1.63. The van der Waals surface area contributed by atoms with Crippen molar-refractivity contribution in [2.45, 2.75) is 19.3 Å². The van der Waals surface area contributed by atoms with E-state index in [4.69, 9.17) is 4.74 Å². The van der Waals surface area contributed by atoms with Crippen LogP contribution in [-0.4, -0.2) is 26.2 Å². The first kappa shape index (κ1) is 15.9. The van der Waals surface area contributed by atoms with Gasteiger partial charge in [-0.05, 0) is 50.0 Å². The lowest BCUT2D eigenvalue weighted by atomic mass is 9.74. The van der Waals surface area contributed by atoms with Gasteiger partial charge >= 0.3 is 5.97 Å².